The minimum absolute atomic E-state index is 0.233. The minimum Gasteiger partial charge on any atom is -0.393 e. The van der Waals surface area contributed by atoms with E-state index in [4.69, 9.17) is 9.84 Å². The Balaban J connectivity index is 1.93. The minimum atomic E-state index is -0.771. The van der Waals surface area contributed by atoms with Gasteiger partial charge in [0, 0.05) is 19.6 Å². The van der Waals surface area contributed by atoms with Gasteiger partial charge in [-0.3, -0.25) is 4.90 Å². The summed E-state index contributed by atoms with van der Waals surface area (Å²) >= 11 is 0. The summed E-state index contributed by atoms with van der Waals surface area (Å²) in [5, 5.41) is 18.3. The first-order valence-electron chi connectivity index (χ1n) is 5.97. The molecule has 2 rings (SSSR count). The second-order valence-electron chi connectivity index (χ2n) is 4.33. The van der Waals surface area contributed by atoms with Crippen LogP contribution in [0.1, 0.15) is 17.2 Å². The molecule has 1 fully saturated rings. The zero-order valence-corrected chi connectivity index (χ0v) is 9.88. The first kappa shape index (κ1) is 12.5. The van der Waals surface area contributed by atoms with Gasteiger partial charge in [0.1, 0.15) is 6.10 Å². The summed E-state index contributed by atoms with van der Waals surface area (Å²) in [6.45, 7) is 4.24. The van der Waals surface area contributed by atoms with Crippen LogP contribution in [-0.4, -0.2) is 48.0 Å². The normalized spacial score (nSPS) is 19.2. The third-order valence-corrected chi connectivity index (χ3v) is 3.05. The van der Waals surface area contributed by atoms with E-state index in [0.717, 1.165) is 38.4 Å². The van der Waals surface area contributed by atoms with Gasteiger partial charge in [-0.1, -0.05) is 24.3 Å². The first-order valence-corrected chi connectivity index (χ1v) is 5.97. The smallest absolute Gasteiger partial charge is 0.102 e. The van der Waals surface area contributed by atoms with Crippen molar-refractivity contribution in [3.63, 3.8) is 0 Å². The van der Waals surface area contributed by atoms with Crippen LogP contribution < -0.4 is 0 Å². The van der Waals surface area contributed by atoms with Gasteiger partial charge in [-0.2, -0.15) is 0 Å². The zero-order valence-electron chi connectivity index (χ0n) is 9.88. The van der Waals surface area contributed by atoms with Crippen LogP contribution in [0, 0.1) is 0 Å². The van der Waals surface area contributed by atoms with Crippen LogP contribution in [0.25, 0.3) is 0 Å². The number of morpholine rings is 1. The van der Waals surface area contributed by atoms with E-state index in [-0.39, 0.29) is 6.61 Å². The van der Waals surface area contributed by atoms with Crippen molar-refractivity contribution in [3.8, 4) is 0 Å². The molecule has 1 unspecified atom stereocenters. The van der Waals surface area contributed by atoms with Crippen LogP contribution in [0.3, 0.4) is 0 Å². The van der Waals surface area contributed by atoms with E-state index in [0.29, 0.717) is 0 Å². The monoisotopic (exact) mass is 237 g/mol. The first-order chi connectivity index (χ1) is 8.29. The molecule has 2 N–H and O–H groups in total. The summed E-state index contributed by atoms with van der Waals surface area (Å²) in [4.78, 5) is 2.35. The molecule has 4 nitrogen and oxygen atoms in total. The lowest BCUT2D eigenvalue weighted by Gasteiger charge is -2.26. The molecular formula is C13H19NO3. The van der Waals surface area contributed by atoms with Crippen molar-refractivity contribution < 1.29 is 14.9 Å². The average Bonchev–Trinajstić information content (AvgIpc) is 2.40. The number of benzene rings is 1. The average molecular weight is 237 g/mol. The van der Waals surface area contributed by atoms with Crippen molar-refractivity contribution >= 4 is 0 Å². The topological polar surface area (TPSA) is 52.9 Å². The molecule has 0 spiro atoms. The summed E-state index contributed by atoms with van der Waals surface area (Å²) in [6, 6.07) is 7.75. The number of hydrogen-bond donors (Lipinski definition) is 2. The van der Waals surface area contributed by atoms with Crippen molar-refractivity contribution in [3.05, 3.63) is 35.4 Å². The van der Waals surface area contributed by atoms with Crippen molar-refractivity contribution in [2.45, 2.75) is 12.6 Å². The van der Waals surface area contributed by atoms with Crippen LogP contribution in [0.15, 0.2) is 24.3 Å². The van der Waals surface area contributed by atoms with E-state index < -0.39 is 6.10 Å². The lowest BCUT2D eigenvalue weighted by Crippen LogP contribution is -2.35. The molecule has 1 heterocycles. The maximum atomic E-state index is 9.46. The van der Waals surface area contributed by atoms with Gasteiger partial charge in [-0.25, -0.2) is 0 Å². The second-order valence-corrected chi connectivity index (χ2v) is 4.33. The van der Waals surface area contributed by atoms with Crippen LogP contribution in [0.5, 0.6) is 0 Å². The lowest BCUT2D eigenvalue weighted by molar-refractivity contribution is 0.0342. The molecular weight excluding hydrogens is 218 g/mol. The summed E-state index contributed by atoms with van der Waals surface area (Å²) in [6.07, 6.45) is -0.771. The Morgan fingerprint density at radius 3 is 2.41 bits per heavy atom. The largest absolute Gasteiger partial charge is 0.393 e. The molecule has 1 atom stereocenters. The van der Waals surface area contributed by atoms with Crippen molar-refractivity contribution in [1.29, 1.82) is 0 Å². The molecule has 1 aliphatic heterocycles. The molecule has 0 radical (unpaired) electrons. The van der Waals surface area contributed by atoms with Gasteiger partial charge >= 0.3 is 0 Å². The molecule has 0 aromatic heterocycles. The molecule has 17 heavy (non-hydrogen) atoms. The zero-order chi connectivity index (χ0) is 12.1. The van der Waals surface area contributed by atoms with Gasteiger partial charge in [-0.05, 0) is 11.1 Å². The fourth-order valence-corrected chi connectivity index (χ4v) is 1.97. The van der Waals surface area contributed by atoms with E-state index in [9.17, 15) is 5.11 Å². The number of hydrogen-bond acceptors (Lipinski definition) is 4. The van der Waals surface area contributed by atoms with Gasteiger partial charge in [0.25, 0.3) is 0 Å². The van der Waals surface area contributed by atoms with Crippen LogP contribution in [0.4, 0.5) is 0 Å². The Labute approximate surface area is 101 Å². The van der Waals surface area contributed by atoms with Gasteiger partial charge in [-0.15, -0.1) is 0 Å². The highest BCUT2D eigenvalue weighted by Gasteiger charge is 2.11. The fourth-order valence-electron chi connectivity index (χ4n) is 1.97. The van der Waals surface area contributed by atoms with E-state index in [2.05, 4.69) is 4.90 Å². The molecule has 0 amide bonds. The van der Waals surface area contributed by atoms with Crippen molar-refractivity contribution in [2.75, 3.05) is 32.9 Å². The van der Waals surface area contributed by atoms with Gasteiger partial charge in [0.2, 0.25) is 0 Å². The maximum Gasteiger partial charge on any atom is 0.102 e. The van der Waals surface area contributed by atoms with Crippen LogP contribution in [-0.2, 0) is 11.3 Å². The van der Waals surface area contributed by atoms with E-state index in [1.807, 2.05) is 24.3 Å². The van der Waals surface area contributed by atoms with Crippen molar-refractivity contribution in [2.24, 2.45) is 0 Å². The van der Waals surface area contributed by atoms with Gasteiger partial charge < -0.3 is 14.9 Å². The summed E-state index contributed by atoms with van der Waals surface area (Å²) in [7, 11) is 0. The maximum absolute atomic E-state index is 9.46. The molecule has 1 saturated heterocycles. The van der Waals surface area contributed by atoms with Gasteiger partial charge in [0.05, 0.1) is 19.8 Å². The lowest BCUT2D eigenvalue weighted by atomic mass is 10.1. The Morgan fingerprint density at radius 2 is 1.82 bits per heavy atom. The second kappa shape index (κ2) is 6.12. The Kier molecular flexibility index (Phi) is 4.50. The molecule has 4 heteroatoms. The van der Waals surface area contributed by atoms with Crippen LogP contribution in [0.2, 0.25) is 0 Å². The molecule has 0 aliphatic carbocycles. The molecule has 0 saturated carbocycles. The Hall–Kier alpha value is -0.940. The molecule has 1 aliphatic rings. The van der Waals surface area contributed by atoms with E-state index >= 15 is 0 Å². The van der Waals surface area contributed by atoms with Crippen LogP contribution >= 0.6 is 0 Å². The number of aliphatic hydroxyl groups excluding tert-OH is 2. The number of rotatable bonds is 4. The highest BCUT2D eigenvalue weighted by Crippen LogP contribution is 2.14. The predicted octanol–water partition coefficient (Wildman–Crippen LogP) is 0.544. The predicted molar refractivity (Wildman–Crippen MR) is 64.6 cm³/mol. The summed E-state index contributed by atoms with van der Waals surface area (Å²) < 4.78 is 5.30. The SMILES string of the molecule is OCC(O)c1ccc(CN2CCOCC2)cc1. The fraction of sp³-hybridized carbons (Fsp3) is 0.538. The number of aliphatic hydroxyl groups is 2. The quantitative estimate of drug-likeness (QED) is 0.802. The van der Waals surface area contributed by atoms with E-state index in [1.54, 1.807) is 0 Å². The molecule has 1 aromatic carbocycles. The van der Waals surface area contributed by atoms with Crippen molar-refractivity contribution in [1.82, 2.24) is 4.90 Å². The van der Waals surface area contributed by atoms with Gasteiger partial charge in [0.15, 0.2) is 0 Å². The molecule has 0 bridgehead atoms. The third kappa shape index (κ3) is 3.51. The summed E-state index contributed by atoms with van der Waals surface area (Å²) in [5.41, 5.74) is 1.99. The summed E-state index contributed by atoms with van der Waals surface area (Å²) in [5.74, 6) is 0. The highest BCUT2D eigenvalue weighted by molar-refractivity contribution is 5.24. The Bertz CT molecular complexity index is 333. The Morgan fingerprint density at radius 1 is 1.18 bits per heavy atom. The third-order valence-electron chi connectivity index (χ3n) is 3.05. The number of ether oxygens (including phenoxy) is 1. The highest BCUT2D eigenvalue weighted by atomic mass is 16.5. The number of nitrogens with zero attached hydrogens (tertiary/aromatic N) is 1. The molecule has 1 aromatic rings. The molecule has 94 valence electrons. The van der Waals surface area contributed by atoms with E-state index in [1.165, 1.54) is 5.56 Å². The standard InChI is InChI=1S/C13H19NO3/c15-10-13(16)12-3-1-11(2-4-12)9-14-5-7-17-8-6-14/h1-4,13,15-16H,5-10H2.